The first-order chi connectivity index (χ1) is 12.2. The predicted octanol–water partition coefficient (Wildman–Crippen LogP) is 4.18. The Labute approximate surface area is 150 Å². The van der Waals surface area contributed by atoms with E-state index < -0.39 is 0 Å². The average molecular weight is 350 g/mol. The first-order valence-corrected chi connectivity index (χ1v) is 9.14. The van der Waals surface area contributed by atoms with Crippen LogP contribution in [0.25, 0.3) is 0 Å². The molecule has 4 rings (SSSR count). The third kappa shape index (κ3) is 3.25. The van der Waals surface area contributed by atoms with Gasteiger partial charge in [-0.25, -0.2) is 9.97 Å². The van der Waals surface area contributed by atoms with Crippen molar-refractivity contribution in [1.29, 1.82) is 0 Å². The van der Waals surface area contributed by atoms with Crippen LogP contribution in [-0.4, -0.2) is 22.4 Å². The van der Waals surface area contributed by atoms with E-state index in [1.807, 2.05) is 29.2 Å². The van der Waals surface area contributed by atoms with Crippen molar-refractivity contribution in [3.63, 3.8) is 0 Å². The zero-order valence-corrected chi connectivity index (χ0v) is 14.7. The van der Waals surface area contributed by atoms with Crippen molar-refractivity contribution in [3.05, 3.63) is 64.8 Å². The molecule has 1 aromatic carbocycles. The Morgan fingerprint density at radius 1 is 1.28 bits per heavy atom. The van der Waals surface area contributed by atoms with Crippen LogP contribution in [0.2, 0.25) is 0 Å². The van der Waals surface area contributed by atoms with E-state index >= 15 is 0 Å². The highest BCUT2D eigenvalue weighted by atomic mass is 32.1. The maximum absolute atomic E-state index is 12.9. The molecule has 5 nitrogen and oxygen atoms in total. The summed E-state index contributed by atoms with van der Waals surface area (Å²) in [6.45, 7) is 2.81. The number of fused-ring (bicyclic) bond motifs is 1. The maximum atomic E-state index is 12.9. The van der Waals surface area contributed by atoms with Gasteiger partial charge in [-0.15, -0.1) is 11.3 Å². The standard InChI is InChI=1S/C19H18N4OS/c1-13-7-8-16-14(11-13)5-4-10-23(16)18(24)15-12-25-19(21-15)22-17-6-2-3-9-20-17/h2-3,6-9,11-12H,4-5,10H2,1H3,(H,20,21,22). The van der Waals surface area contributed by atoms with Gasteiger partial charge in [-0.2, -0.15) is 0 Å². The molecule has 25 heavy (non-hydrogen) atoms. The van der Waals surface area contributed by atoms with E-state index in [9.17, 15) is 4.79 Å². The Morgan fingerprint density at radius 3 is 3.04 bits per heavy atom. The van der Waals surface area contributed by atoms with E-state index in [1.54, 1.807) is 11.6 Å². The molecule has 1 amide bonds. The Kier molecular flexibility index (Phi) is 4.19. The van der Waals surface area contributed by atoms with Gasteiger partial charge in [0.25, 0.3) is 5.91 Å². The molecule has 6 heteroatoms. The molecule has 0 aliphatic carbocycles. The molecule has 0 saturated carbocycles. The Balaban J connectivity index is 1.56. The first-order valence-electron chi connectivity index (χ1n) is 8.26. The van der Waals surface area contributed by atoms with E-state index in [0.29, 0.717) is 10.8 Å². The highest BCUT2D eigenvalue weighted by Gasteiger charge is 2.25. The summed E-state index contributed by atoms with van der Waals surface area (Å²) < 4.78 is 0. The summed E-state index contributed by atoms with van der Waals surface area (Å²) >= 11 is 1.41. The van der Waals surface area contributed by atoms with Crippen LogP contribution in [0, 0.1) is 6.92 Å². The molecule has 0 radical (unpaired) electrons. The highest BCUT2D eigenvalue weighted by Crippen LogP contribution is 2.30. The van der Waals surface area contributed by atoms with Gasteiger partial charge in [-0.05, 0) is 43.5 Å². The number of carbonyl (C=O) groups excluding carboxylic acids is 1. The predicted molar refractivity (Wildman–Crippen MR) is 101 cm³/mol. The fourth-order valence-corrected chi connectivity index (χ4v) is 3.74. The van der Waals surface area contributed by atoms with Crippen molar-refractivity contribution in [2.45, 2.75) is 19.8 Å². The molecule has 0 atom stereocenters. The molecular weight excluding hydrogens is 332 g/mol. The lowest BCUT2D eigenvalue weighted by atomic mass is 9.99. The molecule has 3 aromatic rings. The molecule has 126 valence electrons. The van der Waals surface area contributed by atoms with Crippen LogP contribution in [0.4, 0.5) is 16.6 Å². The fraction of sp³-hybridized carbons (Fsp3) is 0.211. The van der Waals surface area contributed by atoms with Gasteiger partial charge < -0.3 is 10.2 Å². The minimum absolute atomic E-state index is 0.0462. The van der Waals surface area contributed by atoms with Gasteiger partial charge in [-0.3, -0.25) is 4.79 Å². The van der Waals surface area contributed by atoms with Gasteiger partial charge in [0.2, 0.25) is 0 Å². The summed E-state index contributed by atoms with van der Waals surface area (Å²) in [4.78, 5) is 23.4. The number of hydrogen-bond donors (Lipinski definition) is 1. The number of hydrogen-bond acceptors (Lipinski definition) is 5. The van der Waals surface area contributed by atoms with Crippen LogP contribution >= 0.6 is 11.3 Å². The second-order valence-corrected chi connectivity index (χ2v) is 6.93. The molecule has 1 aliphatic heterocycles. The lowest BCUT2D eigenvalue weighted by molar-refractivity contribution is 0.0981. The fourth-order valence-electron chi connectivity index (χ4n) is 3.05. The summed E-state index contributed by atoms with van der Waals surface area (Å²) in [5.74, 6) is 0.671. The van der Waals surface area contributed by atoms with Crippen molar-refractivity contribution >= 4 is 33.9 Å². The van der Waals surface area contributed by atoms with Crippen LogP contribution in [0.5, 0.6) is 0 Å². The molecule has 0 fully saturated rings. The SMILES string of the molecule is Cc1ccc2c(c1)CCCN2C(=O)c1csc(Nc2ccccn2)n1. The second kappa shape index (κ2) is 6.64. The molecule has 0 spiro atoms. The molecule has 1 aliphatic rings. The summed E-state index contributed by atoms with van der Waals surface area (Å²) in [6, 6.07) is 11.9. The molecule has 1 N–H and O–H groups in total. The van der Waals surface area contributed by atoms with E-state index in [1.165, 1.54) is 22.5 Å². The van der Waals surface area contributed by atoms with Crippen molar-refractivity contribution in [2.24, 2.45) is 0 Å². The van der Waals surface area contributed by atoms with Gasteiger partial charge in [0.05, 0.1) is 0 Å². The normalized spacial score (nSPS) is 13.4. The number of pyridine rings is 1. The van der Waals surface area contributed by atoms with Crippen LogP contribution in [0.15, 0.2) is 48.0 Å². The third-order valence-corrected chi connectivity index (χ3v) is 4.98. The zero-order valence-electron chi connectivity index (χ0n) is 13.9. The van der Waals surface area contributed by atoms with Crippen LogP contribution in [0.3, 0.4) is 0 Å². The summed E-state index contributed by atoms with van der Waals surface area (Å²) in [6.07, 6.45) is 3.71. The number of nitrogens with one attached hydrogen (secondary N) is 1. The van der Waals surface area contributed by atoms with Crippen molar-refractivity contribution in [2.75, 3.05) is 16.8 Å². The van der Waals surface area contributed by atoms with Gasteiger partial charge in [0.15, 0.2) is 5.13 Å². The Bertz CT molecular complexity index is 907. The summed E-state index contributed by atoms with van der Waals surface area (Å²) in [7, 11) is 0. The van der Waals surface area contributed by atoms with Gasteiger partial charge >= 0.3 is 0 Å². The number of aromatic nitrogens is 2. The number of anilines is 3. The van der Waals surface area contributed by atoms with Crippen LogP contribution in [0.1, 0.15) is 28.0 Å². The molecular formula is C19H18N4OS. The lowest BCUT2D eigenvalue weighted by Gasteiger charge is -2.29. The number of benzene rings is 1. The first kappa shape index (κ1) is 15.8. The molecule has 0 unspecified atom stereocenters. The van der Waals surface area contributed by atoms with E-state index in [2.05, 4.69) is 34.3 Å². The highest BCUT2D eigenvalue weighted by molar-refractivity contribution is 7.14. The Hall–Kier alpha value is -2.73. The van der Waals surface area contributed by atoms with Crippen molar-refractivity contribution in [3.8, 4) is 0 Å². The number of nitrogens with zero attached hydrogens (tertiary/aromatic N) is 3. The Morgan fingerprint density at radius 2 is 2.20 bits per heavy atom. The summed E-state index contributed by atoms with van der Waals surface area (Å²) in [5.41, 5.74) is 3.94. The van der Waals surface area contributed by atoms with Crippen molar-refractivity contribution in [1.82, 2.24) is 9.97 Å². The molecule has 0 bridgehead atoms. The second-order valence-electron chi connectivity index (χ2n) is 6.07. The zero-order chi connectivity index (χ0) is 17.2. The number of carbonyl (C=O) groups is 1. The number of aryl methyl sites for hydroxylation is 2. The monoisotopic (exact) mass is 350 g/mol. The maximum Gasteiger partial charge on any atom is 0.277 e. The van der Waals surface area contributed by atoms with E-state index in [4.69, 9.17) is 0 Å². The van der Waals surface area contributed by atoms with E-state index in [-0.39, 0.29) is 5.91 Å². The van der Waals surface area contributed by atoms with Crippen molar-refractivity contribution < 1.29 is 4.79 Å². The topological polar surface area (TPSA) is 58.1 Å². The number of rotatable bonds is 3. The number of thiazole rings is 1. The molecule has 2 aromatic heterocycles. The quantitative estimate of drug-likeness (QED) is 0.770. The minimum Gasteiger partial charge on any atom is -0.316 e. The third-order valence-electron chi connectivity index (χ3n) is 4.22. The lowest BCUT2D eigenvalue weighted by Crippen LogP contribution is -2.35. The average Bonchev–Trinajstić information content (AvgIpc) is 3.09. The van der Waals surface area contributed by atoms with E-state index in [0.717, 1.165) is 30.9 Å². The molecule has 0 saturated heterocycles. The largest absolute Gasteiger partial charge is 0.316 e. The van der Waals surface area contributed by atoms with Crippen LogP contribution < -0.4 is 10.2 Å². The minimum atomic E-state index is -0.0462. The van der Waals surface area contributed by atoms with Gasteiger partial charge in [0, 0.05) is 23.8 Å². The van der Waals surface area contributed by atoms with Crippen LogP contribution in [-0.2, 0) is 6.42 Å². The number of amides is 1. The van der Waals surface area contributed by atoms with Gasteiger partial charge in [0.1, 0.15) is 11.5 Å². The smallest absolute Gasteiger partial charge is 0.277 e. The van der Waals surface area contributed by atoms with Gasteiger partial charge in [-0.1, -0.05) is 23.8 Å². The molecule has 3 heterocycles. The summed E-state index contributed by atoms with van der Waals surface area (Å²) in [5, 5.41) is 5.61.